The lowest BCUT2D eigenvalue weighted by molar-refractivity contribution is -0.123. The van der Waals surface area contributed by atoms with Crippen molar-refractivity contribution in [1.29, 1.82) is 0 Å². The van der Waals surface area contributed by atoms with Crippen LogP contribution in [0.2, 0.25) is 0 Å². The van der Waals surface area contributed by atoms with E-state index < -0.39 is 5.41 Å². The van der Waals surface area contributed by atoms with Crippen molar-refractivity contribution in [2.75, 3.05) is 4.90 Å². The first-order valence-electron chi connectivity index (χ1n) is 8.91. The molecule has 3 nitrogen and oxygen atoms in total. The largest absolute Gasteiger partial charge is 0.282 e. The Bertz CT molecular complexity index is 1030. The van der Waals surface area contributed by atoms with Gasteiger partial charge in [0.25, 0.3) is 0 Å². The van der Waals surface area contributed by atoms with Gasteiger partial charge in [0.15, 0.2) is 0 Å². The number of nitrogens with zero attached hydrogens (tertiary/aromatic N) is 2. The van der Waals surface area contributed by atoms with E-state index in [1.54, 1.807) is 6.20 Å². The summed E-state index contributed by atoms with van der Waals surface area (Å²) < 4.78 is 0. The number of hydrogen-bond acceptors (Lipinski definition) is 2. The average molecular weight is 342 g/mol. The number of anilines is 1. The van der Waals surface area contributed by atoms with Gasteiger partial charge in [-0.2, -0.15) is 0 Å². The van der Waals surface area contributed by atoms with Crippen molar-refractivity contribution in [3.63, 3.8) is 0 Å². The van der Waals surface area contributed by atoms with Gasteiger partial charge in [-0.05, 0) is 30.7 Å². The van der Waals surface area contributed by atoms with E-state index in [2.05, 4.69) is 36.2 Å². The molecule has 0 spiro atoms. The normalized spacial score (nSPS) is 18.0. The van der Waals surface area contributed by atoms with Crippen LogP contribution >= 0.6 is 0 Å². The van der Waals surface area contributed by atoms with Crippen LogP contribution in [0.1, 0.15) is 31.4 Å². The average Bonchev–Trinajstić information content (AvgIpc) is 2.83. The van der Waals surface area contributed by atoms with Gasteiger partial charge in [0.2, 0.25) is 5.91 Å². The Morgan fingerprint density at radius 2 is 1.85 bits per heavy atom. The standard InChI is InChI=1S/C23H22N2O/c1-16-7-4-8-17(13-16)14-19-15-23(2,3)22(26)25(19)20-11-5-9-18-10-6-12-24-21(18)20/h4-14H,15H2,1-3H3/b19-14+. The Balaban J connectivity index is 1.89. The fourth-order valence-electron chi connectivity index (χ4n) is 3.64. The first-order valence-corrected chi connectivity index (χ1v) is 8.91. The van der Waals surface area contributed by atoms with E-state index >= 15 is 0 Å². The van der Waals surface area contributed by atoms with Crippen molar-refractivity contribution in [3.8, 4) is 0 Å². The first kappa shape index (κ1) is 16.5. The fraction of sp³-hybridized carbons (Fsp3) is 0.217. The molecule has 1 fully saturated rings. The molecule has 0 aliphatic carbocycles. The summed E-state index contributed by atoms with van der Waals surface area (Å²) >= 11 is 0. The molecule has 1 saturated heterocycles. The predicted octanol–water partition coefficient (Wildman–Crippen LogP) is 5.35. The smallest absolute Gasteiger partial charge is 0.237 e. The van der Waals surface area contributed by atoms with Crippen LogP contribution in [-0.2, 0) is 4.79 Å². The number of aryl methyl sites for hydroxylation is 1. The number of hydrogen-bond donors (Lipinski definition) is 0. The molecule has 4 rings (SSSR count). The lowest BCUT2D eigenvalue weighted by atomic mass is 9.91. The summed E-state index contributed by atoms with van der Waals surface area (Å²) in [5, 5.41) is 1.04. The van der Waals surface area contributed by atoms with Gasteiger partial charge in [0.05, 0.1) is 11.2 Å². The minimum atomic E-state index is -0.424. The lowest BCUT2D eigenvalue weighted by Gasteiger charge is -2.21. The zero-order chi connectivity index (χ0) is 18.3. The summed E-state index contributed by atoms with van der Waals surface area (Å²) in [4.78, 5) is 19.6. The number of amides is 1. The van der Waals surface area contributed by atoms with Crippen molar-refractivity contribution < 1.29 is 4.79 Å². The minimum Gasteiger partial charge on any atom is -0.282 e. The summed E-state index contributed by atoms with van der Waals surface area (Å²) in [5.41, 5.74) is 4.63. The molecule has 0 saturated carbocycles. The Labute approximate surface area is 154 Å². The van der Waals surface area contributed by atoms with Crippen molar-refractivity contribution in [2.45, 2.75) is 27.2 Å². The molecule has 1 aliphatic rings. The van der Waals surface area contributed by atoms with Crippen molar-refractivity contribution in [1.82, 2.24) is 4.98 Å². The number of rotatable bonds is 2. The molecule has 3 heteroatoms. The summed E-state index contributed by atoms with van der Waals surface area (Å²) in [6.07, 6.45) is 4.62. The van der Waals surface area contributed by atoms with Crippen LogP contribution in [-0.4, -0.2) is 10.9 Å². The molecule has 130 valence electrons. The molecule has 1 aromatic heterocycles. The summed E-state index contributed by atoms with van der Waals surface area (Å²) in [5.74, 6) is 0.120. The number of allylic oxidation sites excluding steroid dienone is 1. The highest BCUT2D eigenvalue weighted by atomic mass is 16.2. The molecule has 0 unspecified atom stereocenters. The molecular formula is C23H22N2O. The van der Waals surface area contributed by atoms with Crippen LogP contribution in [0.25, 0.3) is 17.0 Å². The third-order valence-electron chi connectivity index (χ3n) is 4.92. The van der Waals surface area contributed by atoms with Gasteiger partial charge in [-0.15, -0.1) is 0 Å². The monoisotopic (exact) mass is 342 g/mol. The lowest BCUT2D eigenvalue weighted by Crippen LogP contribution is -2.30. The third kappa shape index (κ3) is 2.80. The van der Waals surface area contributed by atoms with Gasteiger partial charge in [0, 0.05) is 29.1 Å². The van der Waals surface area contributed by atoms with E-state index in [1.165, 1.54) is 5.56 Å². The second-order valence-electron chi connectivity index (χ2n) is 7.60. The Morgan fingerprint density at radius 3 is 2.65 bits per heavy atom. The van der Waals surface area contributed by atoms with Crippen LogP contribution in [0.15, 0.2) is 66.5 Å². The number of carbonyl (C=O) groups excluding carboxylic acids is 1. The molecule has 26 heavy (non-hydrogen) atoms. The van der Waals surface area contributed by atoms with Gasteiger partial charge < -0.3 is 0 Å². The van der Waals surface area contributed by atoms with Gasteiger partial charge in [-0.1, -0.05) is 61.9 Å². The second-order valence-corrected chi connectivity index (χ2v) is 7.60. The topological polar surface area (TPSA) is 33.2 Å². The van der Waals surface area contributed by atoms with E-state index in [0.29, 0.717) is 6.42 Å². The molecule has 0 radical (unpaired) electrons. The maximum atomic E-state index is 13.2. The Hall–Kier alpha value is -2.94. The van der Waals surface area contributed by atoms with E-state index in [1.807, 2.05) is 55.1 Å². The zero-order valence-electron chi connectivity index (χ0n) is 15.4. The summed E-state index contributed by atoms with van der Waals surface area (Å²) in [6.45, 7) is 6.11. The summed E-state index contributed by atoms with van der Waals surface area (Å²) in [6, 6.07) is 18.3. The van der Waals surface area contributed by atoms with E-state index in [-0.39, 0.29) is 5.91 Å². The SMILES string of the molecule is Cc1cccc(/C=C2\CC(C)(C)C(=O)N2c2cccc3cccnc23)c1. The molecule has 0 N–H and O–H groups in total. The van der Waals surface area contributed by atoms with Crippen LogP contribution in [0.5, 0.6) is 0 Å². The van der Waals surface area contributed by atoms with Gasteiger partial charge in [-0.3, -0.25) is 14.7 Å². The fourth-order valence-corrected chi connectivity index (χ4v) is 3.64. The highest BCUT2D eigenvalue weighted by Crippen LogP contribution is 2.43. The number of aromatic nitrogens is 1. The van der Waals surface area contributed by atoms with E-state index in [9.17, 15) is 4.79 Å². The van der Waals surface area contributed by atoms with Crippen molar-refractivity contribution >= 4 is 28.6 Å². The van der Waals surface area contributed by atoms with Gasteiger partial charge in [0.1, 0.15) is 0 Å². The predicted molar refractivity (Wildman–Crippen MR) is 107 cm³/mol. The molecule has 3 aromatic rings. The molecule has 2 aromatic carbocycles. The number of benzene rings is 2. The molecule has 0 atom stereocenters. The van der Waals surface area contributed by atoms with Crippen LogP contribution in [0.3, 0.4) is 0 Å². The van der Waals surface area contributed by atoms with Crippen molar-refractivity contribution in [3.05, 3.63) is 77.6 Å². The Kier molecular flexibility index (Phi) is 3.87. The van der Waals surface area contributed by atoms with E-state index in [4.69, 9.17) is 0 Å². The summed E-state index contributed by atoms with van der Waals surface area (Å²) in [7, 11) is 0. The highest BCUT2D eigenvalue weighted by Gasteiger charge is 2.43. The minimum absolute atomic E-state index is 0.120. The zero-order valence-corrected chi connectivity index (χ0v) is 15.4. The van der Waals surface area contributed by atoms with Crippen molar-refractivity contribution in [2.24, 2.45) is 5.41 Å². The Morgan fingerprint density at radius 1 is 1.08 bits per heavy atom. The molecule has 1 aliphatic heterocycles. The number of fused-ring (bicyclic) bond motifs is 1. The maximum absolute atomic E-state index is 13.2. The van der Waals surface area contributed by atoms with Crippen LogP contribution in [0, 0.1) is 12.3 Å². The number of para-hydroxylation sites is 1. The van der Waals surface area contributed by atoms with E-state index in [0.717, 1.165) is 27.9 Å². The highest BCUT2D eigenvalue weighted by molar-refractivity contribution is 6.09. The second kappa shape index (κ2) is 6.10. The first-order chi connectivity index (χ1) is 12.5. The molecule has 1 amide bonds. The molecule has 2 heterocycles. The number of pyridine rings is 1. The van der Waals surface area contributed by atoms with Gasteiger partial charge in [-0.25, -0.2) is 0 Å². The maximum Gasteiger partial charge on any atom is 0.237 e. The number of carbonyl (C=O) groups is 1. The van der Waals surface area contributed by atoms with Crippen LogP contribution in [0.4, 0.5) is 5.69 Å². The molecular weight excluding hydrogens is 320 g/mol. The quantitative estimate of drug-likeness (QED) is 0.629. The third-order valence-corrected chi connectivity index (χ3v) is 4.92. The molecule has 0 bridgehead atoms. The van der Waals surface area contributed by atoms with Gasteiger partial charge >= 0.3 is 0 Å². The van der Waals surface area contributed by atoms with Crippen LogP contribution < -0.4 is 4.90 Å².